The third-order valence-electron chi connectivity index (χ3n) is 16.3. The van der Waals surface area contributed by atoms with Crippen LogP contribution >= 0.6 is 0 Å². The van der Waals surface area contributed by atoms with E-state index in [-0.39, 0.29) is 36.1 Å². The number of carbonyl (C=O) groups excluding carboxylic acids is 3. The van der Waals surface area contributed by atoms with Crippen molar-refractivity contribution in [2.24, 2.45) is 0 Å². The molecule has 16 heteroatoms. The Morgan fingerprint density at radius 1 is 0.617 bits per heavy atom. The molecule has 2 aliphatic rings. The molecule has 4 heterocycles. The molecule has 2 N–H and O–H groups in total. The first-order valence-electron chi connectivity index (χ1n) is 28.2. The highest BCUT2D eigenvalue weighted by Gasteiger charge is 2.28. The molecule has 1 amide bonds. The molecule has 0 saturated heterocycles. The van der Waals surface area contributed by atoms with Crippen molar-refractivity contribution in [3.8, 4) is 0 Å². The number of esters is 2. The average Bonchev–Trinajstić information content (AvgIpc) is 3.59. The maximum atomic E-state index is 13.5. The topological polar surface area (TPSA) is 184 Å². The monoisotopic (exact) mass is 1100 g/mol. The normalized spacial score (nSPS) is 13.4. The van der Waals surface area contributed by atoms with Gasteiger partial charge in [-0.15, -0.1) is 10.2 Å². The van der Waals surface area contributed by atoms with Crippen LogP contribution in [0.1, 0.15) is 150 Å². The van der Waals surface area contributed by atoms with Gasteiger partial charge in [-0.25, -0.2) is 14.2 Å². The summed E-state index contributed by atoms with van der Waals surface area (Å²) in [5.74, 6) is -1.55. The summed E-state index contributed by atoms with van der Waals surface area (Å²) >= 11 is 0. The zero-order chi connectivity index (χ0) is 59.5. The number of aromatic carboxylic acids is 1. The molecule has 426 valence electrons. The highest BCUT2D eigenvalue weighted by Crippen LogP contribution is 2.37. The van der Waals surface area contributed by atoms with Crippen molar-refractivity contribution in [2.45, 2.75) is 133 Å². The largest absolute Gasteiger partial charge is 0.478 e. The minimum Gasteiger partial charge on any atom is -0.478 e. The number of halogens is 1. The van der Waals surface area contributed by atoms with Gasteiger partial charge >= 0.3 is 17.9 Å². The Morgan fingerprint density at radius 2 is 1.06 bits per heavy atom. The van der Waals surface area contributed by atoms with E-state index in [0.29, 0.717) is 25.1 Å². The second kappa shape index (κ2) is 26.9. The van der Waals surface area contributed by atoms with E-state index < -0.39 is 13.1 Å². The van der Waals surface area contributed by atoms with Gasteiger partial charge in [0.15, 0.2) is 0 Å². The van der Waals surface area contributed by atoms with Crippen molar-refractivity contribution < 1.29 is 39.5 Å². The number of hydrogen-bond acceptors (Lipinski definition) is 11. The maximum Gasteiger partial charge on any atom is 0.335 e. The Balaban J connectivity index is 0.000000195. The molecule has 0 unspecified atom stereocenters. The van der Waals surface area contributed by atoms with Crippen LogP contribution in [0.5, 0.6) is 0 Å². The predicted octanol–water partition coefficient (Wildman–Crippen LogP) is 11.6. The van der Waals surface area contributed by atoms with Crippen LogP contribution in [0, 0.1) is 55.4 Å². The lowest BCUT2D eigenvalue weighted by atomic mass is 9.83. The van der Waals surface area contributed by atoms with Gasteiger partial charge in [0.2, 0.25) is 0 Å². The van der Waals surface area contributed by atoms with E-state index in [4.69, 9.17) is 16.0 Å². The van der Waals surface area contributed by atoms with E-state index in [0.717, 1.165) is 128 Å². The van der Waals surface area contributed by atoms with Crippen molar-refractivity contribution >= 4 is 45.9 Å². The number of aromatic nitrogens is 6. The third kappa shape index (κ3) is 13.4. The van der Waals surface area contributed by atoms with Crippen molar-refractivity contribution in [1.29, 1.82) is 0 Å². The fourth-order valence-electron chi connectivity index (χ4n) is 11.1. The number of benzene rings is 6. The number of carboxylic acid groups (broad SMARTS) is 1. The van der Waals surface area contributed by atoms with Crippen LogP contribution in [-0.2, 0) is 58.1 Å². The number of rotatable bonds is 12. The average molecular weight is 1100 g/mol. The molecule has 0 bridgehead atoms. The summed E-state index contributed by atoms with van der Waals surface area (Å²) in [6.45, 7) is 24.9. The molecule has 0 radical (unpaired) electrons. The molecule has 8 aromatic rings. The molecule has 0 spiro atoms. The smallest absolute Gasteiger partial charge is 0.335 e. The zero-order valence-electron chi connectivity index (χ0n) is 49.9. The van der Waals surface area contributed by atoms with Crippen LogP contribution in [0.4, 0.5) is 4.39 Å². The van der Waals surface area contributed by atoms with E-state index in [2.05, 4.69) is 115 Å². The summed E-state index contributed by atoms with van der Waals surface area (Å²) < 4.78 is 29.4. The summed E-state index contributed by atoms with van der Waals surface area (Å²) in [5, 5.41) is 29.5. The van der Waals surface area contributed by atoms with E-state index in [1.807, 2.05) is 67.1 Å². The molecule has 81 heavy (non-hydrogen) atoms. The van der Waals surface area contributed by atoms with E-state index in [9.17, 15) is 23.6 Å². The zero-order valence-corrected chi connectivity index (χ0v) is 48.9. The Kier molecular flexibility index (Phi) is 19.6. The van der Waals surface area contributed by atoms with Gasteiger partial charge in [0.05, 0.1) is 52.2 Å². The molecule has 2 aromatic heterocycles. The molecular formula is C65H77FN8O7. The number of carbonyl (C=O) groups is 4. The molecule has 0 saturated carbocycles. The second-order valence-corrected chi connectivity index (χ2v) is 21.0. The Morgan fingerprint density at radius 3 is 1.51 bits per heavy atom. The fourth-order valence-corrected chi connectivity index (χ4v) is 11.1. The van der Waals surface area contributed by atoms with Crippen molar-refractivity contribution in [3.63, 3.8) is 0 Å². The quantitative estimate of drug-likeness (QED) is 0.111. The molecule has 15 nitrogen and oxygen atoms in total. The minimum atomic E-state index is -1.00. The minimum absolute atomic E-state index is 0.0590. The number of amides is 1. The first-order valence-corrected chi connectivity index (χ1v) is 27.5. The molecule has 2 aliphatic heterocycles. The molecule has 0 fully saturated rings. The maximum absolute atomic E-state index is 13.5. The number of alkyl halides is 1. The Labute approximate surface area is 476 Å². The number of hydrogen-bond donors (Lipinski definition) is 2. The van der Waals surface area contributed by atoms with E-state index >= 15 is 0 Å². The molecule has 0 aliphatic carbocycles. The predicted molar refractivity (Wildman–Crippen MR) is 315 cm³/mol. The first-order chi connectivity index (χ1) is 39.3. The van der Waals surface area contributed by atoms with Crippen molar-refractivity contribution in [3.05, 3.63) is 185 Å². The number of carboxylic acids is 1. The number of ether oxygens (including phenoxy) is 2. The lowest BCUT2D eigenvalue weighted by Crippen LogP contribution is -2.36. The van der Waals surface area contributed by atoms with Gasteiger partial charge in [-0.05, 0) is 214 Å². The second-order valence-electron chi connectivity index (χ2n) is 21.0. The van der Waals surface area contributed by atoms with Crippen molar-refractivity contribution in [2.75, 3.05) is 34.5 Å². The van der Waals surface area contributed by atoms with E-state index in [1.165, 1.54) is 42.0 Å². The number of aryl methyl sites for hydroxylation is 8. The number of fused-ring (bicyclic) bond motifs is 4. The highest BCUT2D eigenvalue weighted by molar-refractivity contribution is 5.95. The van der Waals surface area contributed by atoms with Gasteiger partial charge < -0.3 is 24.8 Å². The van der Waals surface area contributed by atoms with Crippen LogP contribution < -0.4 is 5.32 Å². The fraction of sp³-hybridized carbons (Fsp3) is 0.385. The van der Waals surface area contributed by atoms with Gasteiger partial charge in [0, 0.05) is 50.1 Å². The number of nitrogens with one attached hydrogen (secondary N) is 1. The van der Waals surface area contributed by atoms with Gasteiger partial charge in [0.1, 0.15) is 11.0 Å². The third-order valence-corrected chi connectivity index (χ3v) is 16.3. The molecule has 6 aromatic carbocycles. The summed E-state index contributed by atoms with van der Waals surface area (Å²) in [6.07, 6.45) is 2.37. The number of nitrogens with zero attached hydrogens (tertiary/aromatic N) is 7. The first kappa shape index (κ1) is 59.0. The Hall–Kier alpha value is -8.11. The summed E-state index contributed by atoms with van der Waals surface area (Å²) in [7, 11) is 1.87. The SMILES string of the molecule is CCn1nnc2c(C)c([C@@H](CC(=O)OC)c3ccc4c(c3)CN(C(=O)c3cc(C)c(C)c(C)c3)CC4)ccc21.CCn1nnc2c(C)c([C@@H](CC(=O)OC)c3ccc4c(c3)CNCC4)ccc21.Cc1cc(C(=O)O)cc(C)c1C.[2H]CF. The van der Waals surface area contributed by atoms with Crippen molar-refractivity contribution in [1.82, 2.24) is 40.2 Å². The summed E-state index contributed by atoms with van der Waals surface area (Å²) in [6, 6.07) is 28.7. The van der Waals surface area contributed by atoms with Crippen LogP contribution in [0.25, 0.3) is 22.1 Å². The van der Waals surface area contributed by atoms with Crippen LogP contribution in [0.3, 0.4) is 0 Å². The lowest BCUT2D eigenvalue weighted by Gasteiger charge is -2.30. The highest BCUT2D eigenvalue weighted by atomic mass is 19.1. The number of methoxy groups -OCH3 is 2. The van der Waals surface area contributed by atoms with Gasteiger partial charge in [-0.3, -0.25) is 18.8 Å². The lowest BCUT2D eigenvalue weighted by molar-refractivity contribution is -0.141. The summed E-state index contributed by atoms with van der Waals surface area (Å²) in [4.78, 5) is 50.8. The van der Waals surface area contributed by atoms with Gasteiger partial charge in [-0.2, -0.15) is 0 Å². The standard InChI is InChI=1S/C32H36N4O3.C22H26N4O2.C10H12O2.CH3F/c1-7-36-29-11-10-27(22(5)31(29)33-34-36)28(17-30(37)39-6)24-9-8-23-12-13-35(18-26(23)16-24)32(38)25-14-19(2)21(4)20(3)15-25;1-4-26-20-8-7-18(14(2)22(20)24-25-26)19(12-21(27)28-3)16-6-5-15-9-10-23-13-17(15)11-16;1-6-4-9(10(11)12)5-7(2)8(6)3;1-2/h8-11,14-16,28H,7,12-13,17-18H2,1-6H3;5-8,11,19,23H,4,9-10,12-13H2,1-3H3;4-5H,1-3H3,(H,11,12);1H3/t28-;19-;;/m00../s1/i;;;1D. The Bertz CT molecular complexity index is 3600. The van der Waals surface area contributed by atoms with E-state index in [1.54, 1.807) is 12.1 Å². The van der Waals surface area contributed by atoms with Crippen LogP contribution in [-0.4, -0.2) is 98.3 Å². The van der Waals surface area contributed by atoms with Gasteiger partial charge in [0.25, 0.3) is 5.91 Å². The van der Waals surface area contributed by atoms with Crippen LogP contribution in [0.2, 0.25) is 0 Å². The van der Waals surface area contributed by atoms with Gasteiger partial charge in [-0.1, -0.05) is 59.0 Å². The molecular weight excluding hydrogens is 1020 g/mol. The van der Waals surface area contributed by atoms with Crippen LogP contribution in [0.15, 0.2) is 84.9 Å². The molecule has 10 rings (SSSR count). The summed E-state index contributed by atoms with van der Waals surface area (Å²) in [5.41, 5.74) is 23.0. The molecule has 2 atom stereocenters.